The minimum absolute atomic E-state index is 0.296. The number of morpholine rings is 1. The maximum absolute atomic E-state index is 5.74. The standard InChI is InChI=1S/C13H23N3OS/c1-5-11-8-17-9(2)7-16(11)13-15-10(3)12(18-13)6-14-4/h9,11,14H,5-8H2,1-4H3. The molecule has 1 saturated heterocycles. The number of hydrogen-bond donors (Lipinski definition) is 1. The quantitative estimate of drug-likeness (QED) is 0.909. The van der Waals surface area contributed by atoms with Gasteiger partial charge >= 0.3 is 0 Å². The number of nitrogens with one attached hydrogen (secondary N) is 1. The molecule has 0 amide bonds. The summed E-state index contributed by atoms with van der Waals surface area (Å²) in [6.07, 6.45) is 1.40. The third kappa shape index (κ3) is 2.84. The van der Waals surface area contributed by atoms with Gasteiger partial charge in [-0.3, -0.25) is 0 Å². The van der Waals surface area contributed by atoms with Crippen molar-refractivity contribution in [3.63, 3.8) is 0 Å². The topological polar surface area (TPSA) is 37.4 Å². The molecule has 1 aliphatic heterocycles. The zero-order chi connectivity index (χ0) is 13.1. The van der Waals surface area contributed by atoms with Crippen LogP contribution in [0.25, 0.3) is 0 Å². The second-order valence-corrected chi connectivity index (χ2v) is 5.96. The van der Waals surface area contributed by atoms with E-state index < -0.39 is 0 Å². The molecule has 0 saturated carbocycles. The summed E-state index contributed by atoms with van der Waals surface area (Å²) in [5.74, 6) is 0. The van der Waals surface area contributed by atoms with E-state index in [1.807, 2.05) is 18.4 Å². The van der Waals surface area contributed by atoms with Crippen LogP contribution in [0.2, 0.25) is 0 Å². The number of hydrogen-bond acceptors (Lipinski definition) is 5. The third-order valence-corrected chi connectivity index (χ3v) is 4.60. The first-order valence-corrected chi connectivity index (χ1v) is 7.46. The summed E-state index contributed by atoms with van der Waals surface area (Å²) in [7, 11) is 1.98. The minimum atomic E-state index is 0.296. The highest BCUT2D eigenvalue weighted by molar-refractivity contribution is 7.15. The lowest BCUT2D eigenvalue weighted by Gasteiger charge is -2.38. The molecule has 2 heterocycles. The molecule has 4 nitrogen and oxygen atoms in total. The predicted octanol–water partition coefficient (Wildman–Crippen LogP) is 2.17. The van der Waals surface area contributed by atoms with Gasteiger partial charge in [0, 0.05) is 18.0 Å². The Kier molecular flexibility index (Phi) is 4.59. The van der Waals surface area contributed by atoms with E-state index in [0.717, 1.165) is 36.9 Å². The molecule has 1 fully saturated rings. The van der Waals surface area contributed by atoms with Crippen LogP contribution in [0.5, 0.6) is 0 Å². The number of aryl methyl sites for hydroxylation is 1. The Morgan fingerprint density at radius 2 is 2.33 bits per heavy atom. The van der Waals surface area contributed by atoms with Crippen LogP contribution in [0, 0.1) is 6.92 Å². The molecule has 2 unspecified atom stereocenters. The largest absolute Gasteiger partial charge is 0.375 e. The average Bonchev–Trinajstić information content (AvgIpc) is 2.71. The van der Waals surface area contributed by atoms with E-state index in [4.69, 9.17) is 9.72 Å². The number of aromatic nitrogens is 1. The van der Waals surface area contributed by atoms with E-state index in [1.165, 1.54) is 4.88 Å². The first-order chi connectivity index (χ1) is 8.65. The van der Waals surface area contributed by atoms with Gasteiger partial charge in [-0.1, -0.05) is 6.92 Å². The summed E-state index contributed by atoms with van der Waals surface area (Å²) < 4.78 is 5.74. The van der Waals surface area contributed by atoms with E-state index >= 15 is 0 Å². The van der Waals surface area contributed by atoms with E-state index in [1.54, 1.807) is 0 Å². The fourth-order valence-electron chi connectivity index (χ4n) is 2.28. The lowest BCUT2D eigenvalue weighted by atomic mass is 10.1. The molecule has 0 aliphatic carbocycles. The molecular weight excluding hydrogens is 246 g/mol. The summed E-state index contributed by atoms with van der Waals surface area (Å²) in [5.41, 5.74) is 1.15. The number of anilines is 1. The summed E-state index contributed by atoms with van der Waals surface area (Å²) in [4.78, 5) is 8.49. The summed E-state index contributed by atoms with van der Waals surface area (Å²) >= 11 is 1.81. The van der Waals surface area contributed by atoms with Crippen LogP contribution in [-0.2, 0) is 11.3 Å². The van der Waals surface area contributed by atoms with Crippen LogP contribution in [0.15, 0.2) is 0 Å². The van der Waals surface area contributed by atoms with Gasteiger partial charge in [-0.2, -0.15) is 0 Å². The molecule has 5 heteroatoms. The van der Waals surface area contributed by atoms with Gasteiger partial charge in [-0.25, -0.2) is 4.98 Å². The maximum atomic E-state index is 5.74. The van der Waals surface area contributed by atoms with Gasteiger partial charge in [-0.15, -0.1) is 11.3 Å². The van der Waals surface area contributed by atoms with E-state index in [-0.39, 0.29) is 0 Å². The molecule has 0 spiro atoms. The van der Waals surface area contributed by atoms with Crippen LogP contribution in [0.1, 0.15) is 30.8 Å². The van der Waals surface area contributed by atoms with Crippen molar-refractivity contribution in [1.29, 1.82) is 0 Å². The highest BCUT2D eigenvalue weighted by Crippen LogP contribution is 2.30. The number of rotatable bonds is 4. The zero-order valence-electron chi connectivity index (χ0n) is 11.7. The van der Waals surface area contributed by atoms with E-state index in [9.17, 15) is 0 Å². The molecule has 1 aliphatic rings. The Morgan fingerprint density at radius 1 is 1.56 bits per heavy atom. The summed E-state index contributed by atoms with van der Waals surface area (Å²) in [6.45, 7) is 9.11. The predicted molar refractivity (Wildman–Crippen MR) is 76.5 cm³/mol. The Balaban J connectivity index is 2.19. The van der Waals surface area contributed by atoms with Crippen molar-refractivity contribution in [2.75, 3.05) is 25.1 Å². The van der Waals surface area contributed by atoms with Crippen molar-refractivity contribution in [2.24, 2.45) is 0 Å². The molecule has 0 radical (unpaired) electrons. The monoisotopic (exact) mass is 269 g/mol. The van der Waals surface area contributed by atoms with Gasteiger partial charge in [0.2, 0.25) is 0 Å². The molecule has 2 rings (SSSR count). The number of thiazole rings is 1. The van der Waals surface area contributed by atoms with Crippen molar-refractivity contribution in [1.82, 2.24) is 10.3 Å². The van der Waals surface area contributed by atoms with Gasteiger partial charge in [0.15, 0.2) is 5.13 Å². The third-order valence-electron chi connectivity index (χ3n) is 3.40. The molecule has 0 bridgehead atoms. The van der Waals surface area contributed by atoms with Crippen LogP contribution in [0.3, 0.4) is 0 Å². The SMILES string of the molecule is CCC1COC(C)CN1c1nc(C)c(CNC)s1. The Morgan fingerprint density at radius 3 is 3.00 bits per heavy atom. The molecular formula is C13H23N3OS. The van der Waals surface area contributed by atoms with E-state index in [2.05, 4.69) is 31.0 Å². The average molecular weight is 269 g/mol. The Hall–Kier alpha value is -0.650. The first kappa shape index (κ1) is 13.8. The van der Waals surface area contributed by atoms with Crippen LogP contribution in [-0.4, -0.2) is 37.3 Å². The van der Waals surface area contributed by atoms with Crippen molar-refractivity contribution in [3.8, 4) is 0 Å². The van der Waals surface area contributed by atoms with Crippen LogP contribution in [0.4, 0.5) is 5.13 Å². The first-order valence-electron chi connectivity index (χ1n) is 6.64. The molecule has 0 aromatic carbocycles. The highest BCUT2D eigenvalue weighted by atomic mass is 32.1. The number of nitrogens with zero attached hydrogens (tertiary/aromatic N) is 2. The molecule has 1 aromatic heterocycles. The van der Waals surface area contributed by atoms with Crippen molar-refractivity contribution in [2.45, 2.75) is 45.9 Å². The Bertz CT molecular complexity index is 394. The normalized spacial score (nSPS) is 24.6. The number of ether oxygens (including phenoxy) is 1. The Labute approximate surface area is 113 Å². The fraction of sp³-hybridized carbons (Fsp3) is 0.769. The van der Waals surface area contributed by atoms with Crippen molar-refractivity contribution < 1.29 is 4.74 Å². The smallest absolute Gasteiger partial charge is 0.186 e. The van der Waals surface area contributed by atoms with Crippen molar-refractivity contribution >= 4 is 16.5 Å². The molecule has 18 heavy (non-hydrogen) atoms. The van der Waals surface area contributed by atoms with Crippen LogP contribution < -0.4 is 10.2 Å². The second-order valence-electron chi connectivity index (χ2n) is 4.89. The van der Waals surface area contributed by atoms with Crippen molar-refractivity contribution in [3.05, 3.63) is 10.6 Å². The molecule has 1 aromatic rings. The van der Waals surface area contributed by atoms with E-state index in [0.29, 0.717) is 12.1 Å². The molecule has 1 N–H and O–H groups in total. The zero-order valence-corrected chi connectivity index (χ0v) is 12.5. The second kappa shape index (κ2) is 5.99. The molecule has 2 atom stereocenters. The fourth-order valence-corrected chi connectivity index (χ4v) is 3.43. The van der Waals surface area contributed by atoms with Gasteiger partial charge in [0.1, 0.15) is 0 Å². The highest BCUT2D eigenvalue weighted by Gasteiger charge is 2.28. The van der Waals surface area contributed by atoms with Gasteiger partial charge in [0.25, 0.3) is 0 Å². The lowest BCUT2D eigenvalue weighted by molar-refractivity contribution is 0.0299. The maximum Gasteiger partial charge on any atom is 0.186 e. The summed E-state index contributed by atoms with van der Waals surface area (Å²) in [6, 6.07) is 0.467. The van der Waals surface area contributed by atoms with Gasteiger partial charge < -0.3 is 15.0 Å². The van der Waals surface area contributed by atoms with Gasteiger partial charge in [0.05, 0.1) is 24.4 Å². The molecule has 102 valence electrons. The minimum Gasteiger partial charge on any atom is -0.375 e. The van der Waals surface area contributed by atoms with Crippen LogP contribution >= 0.6 is 11.3 Å². The lowest BCUT2D eigenvalue weighted by Crippen LogP contribution is -2.48. The van der Waals surface area contributed by atoms with Gasteiger partial charge in [-0.05, 0) is 27.3 Å². The summed E-state index contributed by atoms with van der Waals surface area (Å²) in [5, 5.41) is 4.35.